The van der Waals surface area contributed by atoms with Crippen LogP contribution in [0.3, 0.4) is 0 Å². The van der Waals surface area contributed by atoms with Crippen LogP contribution in [0.15, 0.2) is 97.1 Å². The maximum atomic E-state index is 13.2. The van der Waals surface area contributed by atoms with Gasteiger partial charge in [-0.3, -0.25) is 20.2 Å². The highest BCUT2D eigenvalue weighted by atomic mass is 32.2. The number of nitro benzene ring substituents is 2. The Labute approximate surface area is 296 Å². The van der Waals surface area contributed by atoms with Gasteiger partial charge in [0.15, 0.2) is 0 Å². The van der Waals surface area contributed by atoms with E-state index < -0.39 is 40.6 Å². The van der Waals surface area contributed by atoms with E-state index in [9.17, 15) is 34.9 Å². The summed E-state index contributed by atoms with van der Waals surface area (Å²) in [6.45, 7) is -0.549. The smallest absolute Gasteiger partial charge is 0.338 e. The molecule has 13 nitrogen and oxygen atoms in total. The minimum atomic E-state index is -1.47. The van der Waals surface area contributed by atoms with Crippen LogP contribution < -0.4 is 9.47 Å². The summed E-state index contributed by atoms with van der Waals surface area (Å²) in [7, 11) is 3.17. The van der Waals surface area contributed by atoms with Gasteiger partial charge in [-0.25, -0.2) is 9.59 Å². The van der Waals surface area contributed by atoms with Crippen molar-refractivity contribution in [1.29, 1.82) is 0 Å². The second-order valence-corrected chi connectivity index (χ2v) is 13.4. The molecule has 262 valence electrons. The average molecular weight is 723 g/mol. The Morgan fingerprint density at radius 1 is 0.680 bits per heavy atom. The lowest BCUT2D eigenvalue weighted by molar-refractivity contribution is -0.385. The summed E-state index contributed by atoms with van der Waals surface area (Å²) < 4.78 is 21.4. The number of aliphatic hydroxyl groups is 1. The predicted molar refractivity (Wildman–Crippen MR) is 189 cm³/mol. The Morgan fingerprint density at radius 2 is 1.10 bits per heavy atom. The molecule has 0 bridgehead atoms. The summed E-state index contributed by atoms with van der Waals surface area (Å²) in [5.41, 5.74) is 1.69. The maximum Gasteiger partial charge on any atom is 0.338 e. The third-order valence-corrected chi connectivity index (χ3v) is 10.3. The van der Waals surface area contributed by atoms with E-state index in [0.717, 1.165) is 23.3 Å². The monoisotopic (exact) mass is 722 g/mol. The van der Waals surface area contributed by atoms with E-state index in [-0.39, 0.29) is 33.5 Å². The van der Waals surface area contributed by atoms with Crippen LogP contribution in [0.25, 0.3) is 0 Å². The Kier molecular flexibility index (Phi) is 14.0. The number of carbonyl (C=O) groups is 2. The first-order valence-electron chi connectivity index (χ1n) is 15.1. The lowest BCUT2D eigenvalue weighted by Crippen LogP contribution is -2.37. The fourth-order valence-corrected chi connectivity index (χ4v) is 7.06. The molecule has 0 aliphatic carbocycles. The Balaban J connectivity index is 1.53. The topological polar surface area (TPSA) is 178 Å². The van der Waals surface area contributed by atoms with Gasteiger partial charge in [-0.1, -0.05) is 24.3 Å². The third kappa shape index (κ3) is 11.2. The number of carbonyl (C=O) groups excluding carboxylic acids is 2. The van der Waals surface area contributed by atoms with Crippen molar-refractivity contribution in [3.63, 3.8) is 0 Å². The van der Waals surface area contributed by atoms with Gasteiger partial charge < -0.3 is 24.1 Å². The van der Waals surface area contributed by atoms with Gasteiger partial charge in [0.2, 0.25) is 0 Å². The standard InChI is InChI=1S/C35H34N2O11S2/c1-45-29-15-3-23(4-16-29)21-49-33(50-22-24-5-17-30(46-2)18-6-24)19-32(48-35(40)26-9-13-28(14-10-26)37(43)44)31(38)20-47-34(39)25-7-11-27(12-8-25)36(41)42/h3-18,31-33,38H,19-22H2,1-2H3/t31-,32-/m1/s1. The van der Waals surface area contributed by atoms with Crippen molar-refractivity contribution in [3.8, 4) is 11.5 Å². The molecule has 2 atom stereocenters. The van der Waals surface area contributed by atoms with Gasteiger partial charge in [0.25, 0.3) is 11.4 Å². The molecule has 1 N–H and O–H groups in total. The van der Waals surface area contributed by atoms with Crippen molar-refractivity contribution < 1.29 is 43.5 Å². The Morgan fingerprint density at radius 3 is 1.50 bits per heavy atom. The number of thioether (sulfide) groups is 2. The first-order valence-corrected chi connectivity index (χ1v) is 17.2. The summed E-state index contributed by atoms with van der Waals surface area (Å²) in [6.07, 6.45) is -2.50. The fourth-order valence-electron chi connectivity index (χ4n) is 4.48. The molecule has 4 aromatic carbocycles. The molecular weight excluding hydrogens is 689 g/mol. The maximum absolute atomic E-state index is 13.2. The van der Waals surface area contributed by atoms with Crippen molar-refractivity contribution in [2.24, 2.45) is 0 Å². The van der Waals surface area contributed by atoms with Gasteiger partial charge >= 0.3 is 11.9 Å². The molecule has 0 aliphatic heterocycles. The zero-order chi connectivity index (χ0) is 36.0. The average Bonchev–Trinajstić information content (AvgIpc) is 3.14. The van der Waals surface area contributed by atoms with E-state index in [0.29, 0.717) is 23.0 Å². The number of hydrogen-bond donors (Lipinski definition) is 1. The number of ether oxygens (including phenoxy) is 4. The minimum absolute atomic E-state index is 0.0315. The summed E-state index contributed by atoms with van der Waals surface area (Å²) in [6, 6.07) is 24.8. The van der Waals surface area contributed by atoms with Gasteiger partial charge in [-0.2, -0.15) is 0 Å². The molecule has 0 saturated heterocycles. The van der Waals surface area contributed by atoms with Gasteiger partial charge in [-0.15, -0.1) is 23.5 Å². The van der Waals surface area contributed by atoms with Gasteiger partial charge in [0, 0.05) is 42.2 Å². The van der Waals surface area contributed by atoms with Crippen molar-refractivity contribution >= 4 is 46.8 Å². The van der Waals surface area contributed by atoms with Crippen LogP contribution in [0.5, 0.6) is 11.5 Å². The molecule has 0 amide bonds. The number of hydrogen-bond acceptors (Lipinski definition) is 13. The van der Waals surface area contributed by atoms with Crippen molar-refractivity contribution in [2.75, 3.05) is 20.8 Å². The highest BCUT2D eigenvalue weighted by Gasteiger charge is 2.30. The number of methoxy groups -OCH3 is 2. The van der Waals surface area contributed by atoms with E-state index in [2.05, 4.69) is 0 Å². The fraction of sp³-hybridized carbons (Fsp3) is 0.257. The molecule has 4 aromatic rings. The van der Waals surface area contributed by atoms with Crippen LogP contribution in [0.2, 0.25) is 0 Å². The lowest BCUT2D eigenvalue weighted by Gasteiger charge is -2.27. The van der Waals surface area contributed by atoms with E-state index in [1.807, 2.05) is 48.5 Å². The summed E-state index contributed by atoms with van der Waals surface area (Å²) in [4.78, 5) is 46.9. The Hall–Kier alpha value is -5.12. The van der Waals surface area contributed by atoms with Crippen LogP contribution in [0, 0.1) is 20.2 Å². The quantitative estimate of drug-likeness (QED) is 0.0489. The second kappa shape index (κ2) is 18.6. The molecule has 50 heavy (non-hydrogen) atoms. The number of aliphatic hydroxyl groups excluding tert-OH is 1. The molecule has 0 aliphatic rings. The van der Waals surface area contributed by atoms with Crippen LogP contribution in [-0.2, 0) is 21.0 Å². The van der Waals surface area contributed by atoms with Crippen molar-refractivity contribution in [2.45, 2.75) is 34.7 Å². The largest absolute Gasteiger partial charge is 0.497 e. The zero-order valence-electron chi connectivity index (χ0n) is 27.0. The first kappa shape index (κ1) is 37.7. The van der Waals surface area contributed by atoms with Crippen LogP contribution >= 0.6 is 23.5 Å². The molecule has 4 rings (SSSR count). The second-order valence-electron chi connectivity index (χ2n) is 10.7. The molecule has 0 fully saturated rings. The first-order chi connectivity index (χ1) is 24.1. The molecule has 0 spiro atoms. The summed E-state index contributed by atoms with van der Waals surface area (Å²) in [5.74, 6) is 0.933. The predicted octanol–water partition coefficient (Wildman–Crippen LogP) is 6.85. The summed E-state index contributed by atoms with van der Waals surface area (Å²) in [5, 5.41) is 33.4. The summed E-state index contributed by atoms with van der Waals surface area (Å²) >= 11 is 3.14. The van der Waals surface area contributed by atoms with Crippen molar-refractivity contribution in [3.05, 3.63) is 140 Å². The molecule has 15 heteroatoms. The van der Waals surface area contributed by atoms with Gasteiger partial charge in [0.1, 0.15) is 30.3 Å². The molecular formula is C35H34N2O11S2. The number of rotatable bonds is 18. The SMILES string of the molecule is COc1ccc(CSC(C[C@@H](OC(=O)c2ccc([N+](=O)[O-])cc2)[C@H](O)COC(=O)c2ccc([N+](=O)[O-])cc2)SCc2ccc(OC)cc2)cc1. The highest BCUT2D eigenvalue weighted by Crippen LogP contribution is 2.35. The van der Waals surface area contributed by atoms with Crippen LogP contribution in [0.4, 0.5) is 11.4 Å². The molecule has 0 saturated carbocycles. The molecule has 0 heterocycles. The zero-order valence-corrected chi connectivity index (χ0v) is 28.7. The molecule has 0 unspecified atom stereocenters. The normalized spacial score (nSPS) is 12.1. The van der Waals surface area contributed by atoms with E-state index in [1.54, 1.807) is 37.7 Å². The van der Waals surface area contributed by atoms with Gasteiger partial charge in [0.05, 0.1) is 39.8 Å². The molecule has 0 radical (unpaired) electrons. The number of benzene rings is 4. The number of non-ortho nitro benzene ring substituents is 2. The van der Waals surface area contributed by atoms with Crippen LogP contribution in [0.1, 0.15) is 38.3 Å². The Bertz CT molecular complexity index is 1690. The number of esters is 2. The third-order valence-electron chi connectivity index (χ3n) is 7.32. The number of nitrogens with zero attached hydrogens (tertiary/aromatic N) is 2. The van der Waals surface area contributed by atoms with E-state index in [1.165, 1.54) is 36.4 Å². The lowest BCUT2D eigenvalue weighted by atomic mass is 10.1. The minimum Gasteiger partial charge on any atom is -0.497 e. The van der Waals surface area contributed by atoms with Gasteiger partial charge in [-0.05, 0) is 59.7 Å². The van der Waals surface area contributed by atoms with E-state index >= 15 is 0 Å². The number of nitro groups is 2. The highest BCUT2D eigenvalue weighted by molar-refractivity contribution is 8.16. The van der Waals surface area contributed by atoms with Crippen LogP contribution in [-0.4, -0.2) is 64.5 Å². The molecule has 0 aromatic heterocycles. The van der Waals surface area contributed by atoms with Crippen molar-refractivity contribution in [1.82, 2.24) is 0 Å². The van der Waals surface area contributed by atoms with E-state index in [4.69, 9.17) is 18.9 Å².